The molecule has 2 atom stereocenters. The molecule has 1 fully saturated rings. The van der Waals surface area contributed by atoms with Crippen LogP contribution in [-0.2, 0) is 9.84 Å². The van der Waals surface area contributed by atoms with Crippen molar-refractivity contribution in [1.29, 1.82) is 0 Å². The molecule has 2 rings (SSSR count). The van der Waals surface area contributed by atoms with Gasteiger partial charge in [0.2, 0.25) is 0 Å². The van der Waals surface area contributed by atoms with Crippen LogP contribution in [0.4, 0.5) is 0 Å². The van der Waals surface area contributed by atoms with E-state index in [-0.39, 0.29) is 17.4 Å². The number of sulfone groups is 1. The Kier molecular flexibility index (Phi) is 2.77. The minimum absolute atomic E-state index is 0.202. The number of rotatable bonds is 4. The maximum absolute atomic E-state index is 12.2. The summed E-state index contributed by atoms with van der Waals surface area (Å²) in [4.78, 5) is 0.208. The molecule has 1 saturated carbocycles. The van der Waals surface area contributed by atoms with Gasteiger partial charge in [-0.3, -0.25) is 0 Å². The molecule has 4 nitrogen and oxygen atoms in total. The molecule has 1 aromatic carbocycles. The third-order valence-corrected chi connectivity index (χ3v) is 5.84. The number of aliphatic hydroxyl groups is 2. The molecule has 0 saturated heterocycles. The van der Waals surface area contributed by atoms with E-state index in [4.69, 9.17) is 5.11 Å². The molecule has 0 aliphatic heterocycles. The molecule has 16 heavy (non-hydrogen) atoms. The fourth-order valence-corrected chi connectivity index (χ4v) is 4.12. The molecule has 0 unspecified atom stereocenters. The average molecular weight is 242 g/mol. The van der Waals surface area contributed by atoms with Gasteiger partial charge in [0, 0.05) is 12.5 Å². The third kappa shape index (κ3) is 1.47. The lowest BCUT2D eigenvalue weighted by atomic mass is 10.3. The second-order valence-electron chi connectivity index (χ2n) is 4.12. The van der Waals surface area contributed by atoms with Crippen LogP contribution in [0.3, 0.4) is 0 Å². The highest BCUT2D eigenvalue weighted by Crippen LogP contribution is 2.51. The van der Waals surface area contributed by atoms with Crippen molar-refractivity contribution < 1.29 is 18.6 Å². The highest BCUT2D eigenvalue weighted by Gasteiger charge is 2.63. The Labute approximate surface area is 94.5 Å². The van der Waals surface area contributed by atoms with E-state index in [9.17, 15) is 13.5 Å². The molecule has 1 aliphatic rings. The van der Waals surface area contributed by atoms with Crippen molar-refractivity contribution in [3.05, 3.63) is 30.3 Å². The Morgan fingerprint density at radius 2 is 1.88 bits per heavy atom. The Hall–Kier alpha value is -0.910. The minimum Gasteiger partial charge on any atom is -0.396 e. The van der Waals surface area contributed by atoms with Gasteiger partial charge in [0.25, 0.3) is 0 Å². The van der Waals surface area contributed by atoms with E-state index in [1.54, 1.807) is 18.2 Å². The van der Waals surface area contributed by atoms with Gasteiger partial charge in [0.1, 0.15) is 4.75 Å². The summed E-state index contributed by atoms with van der Waals surface area (Å²) in [6, 6.07) is 8.06. The first-order valence-electron chi connectivity index (χ1n) is 5.10. The lowest BCUT2D eigenvalue weighted by Crippen LogP contribution is -2.30. The smallest absolute Gasteiger partial charge is 0.186 e. The van der Waals surface area contributed by atoms with Gasteiger partial charge in [0.05, 0.1) is 11.5 Å². The van der Waals surface area contributed by atoms with Crippen molar-refractivity contribution in [1.82, 2.24) is 0 Å². The summed E-state index contributed by atoms with van der Waals surface area (Å²) in [6.45, 7) is -0.637. The summed E-state index contributed by atoms with van der Waals surface area (Å²) in [5.74, 6) is -0.345. The lowest BCUT2D eigenvalue weighted by Gasteiger charge is -2.15. The van der Waals surface area contributed by atoms with Crippen molar-refractivity contribution >= 4 is 9.84 Å². The van der Waals surface area contributed by atoms with E-state index in [2.05, 4.69) is 0 Å². The van der Waals surface area contributed by atoms with Crippen molar-refractivity contribution in [2.24, 2.45) is 5.92 Å². The first-order valence-corrected chi connectivity index (χ1v) is 6.58. The molecule has 0 heterocycles. The topological polar surface area (TPSA) is 74.6 Å². The number of benzene rings is 1. The van der Waals surface area contributed by atoms with E-state index in [1.807, 2.05) is 0 Å². The second-order valence-corrected chi connectivity index (χ2v) is 6.41. The van der Waals surface area contributed by atoms with Gasteiger partial charge in [-0.2, -0.15) is 0 Å². The molecule has 2 N–H and O–H groups in total. The first kappa shape index (κ1) is 11.6. The zero-order valence-corrected chi connectivity index (χ0v) is 9.52. The molecule has 0 radical (unpaired) electrons. The molecule has 0 amide bonds. The van der Waals surface area contributed by atoms with Gasteiger partial charge in [-0.15, -0.1) is 0 Å². The summed E-state index contributed by atoms with van der Waals surface area (Å²) < 4.78 is 23.3. The van der Waals surface area contributed by atoms with Gasteiger partial charge in [0.15, 0.2) is 9.84 Å². The molecule has 0 aromatic heterocycles. The van der Waals surface area contributed by atoms with Gasteiger partial charge in [-0.25, -0.2) is 8.42 Å². The van der Waals surface area contributed by atoms with E-state index in [0.29, 0.717) is 6.42 Å². The molecule has 5 heteroatoms. The number of hydrogen-bond acceptors (Lipinski definition) is 4. The minimum atomic E-state index is -3.55. The number of hydrogen-bond donors (Lipinski definition) is 2. The van der Waals surface area contributed by atoms with Crippen LogP contribution in [0.25, 0.3) is 0 Å². The van der Waals surface area contributed by atoms with Crippen molar-refractivity contribution in [2.45, 2.75) is 16.1 Å². The first-order chi connectivity index (χ1) is 7.58. The van der Waals surface area contributed by atoms with E-state index in [1.165, 1.54) is 12.1 Å². The summed E-state index contributed by atoms with van der Waals surface area (Å²) in [7, 11) is -3.55. The normalized spacial score (nSPS) is 29.0. The Morgan fingerprint density at radius 3 is 2.31 bits per heavy atom. The summed E-state index contributed by atoms with van der Waals surface area (Å²) in [6.07, 6.45) is 0.331. The van der Waals surface area contributed by atoms with Crippen LogP contribution in [0.2, 0.25) is 0 Å². The molecule has 88 valence electrons. The summed E-state index contributed by atoms with van der Waals surface area (Å²) in [5.41, 5.74) is 0. The van der Waals surface area contributed by atoms with Crippen LogP contribution in [0, 0.1) is 5.92 Å². The Morgan fingerprint density at radius 1 is 1.25 bits per heavy atom. The van der Waals surface area contributed by atoms with Crippen molar-refractivity contribution in [3.63, 3.8) is 0 Å². The fraction of sp³-hybridized carbons (Fsp3) is 0.455. The van der Waals surface area contributed by atoms with Crippen LogP contribution >= 0.6 is 0 Å². The maximum Gasteiger partial charge on any atom is 0.186 e. The monoisotopic (exact) mass is 242 g/mol. The van der Waals surface area contributed by atoms with Crippen LogP contribution in [-0.4, -0.2) is 36.6 Å². The predicted molar refractivity (Wildman–Crippen MR) is 58.6 cm³/mol. The van der Waals surface area contributed by atoms with E-state index in [0.717, 1.165) is 0 Å². The van der Waals surface area contributed by atoms with E-state index < -0.39 is 21.2 Å². The van der Waals surface area contributed by atoms with Crippen LogP contribution in [0.15, 0.2) is 35.2 Å². The number of aliphatic hydroxyl groups excluding tert-OH is 2. The lowest BCUT2D eigenvalue weighted by molar-refractivity contribution is 0.238. The Balaban J connectivity index is 2.41. The highest BCUT2D eigenvalue weighted by molar-refractivity contribution is 7.93. The molecule has 0 bridgehead atoms. The Bertz CT molecular complexity index is 468. The average Bonchev–Trinajstić information content (AvgIpc) is 3.05. The molecular weight excluding hydrogens is 228 g/mol. The zero-order chi connectivity index (χ0) is 11.8. The van der Waals surface area contributed by atoms with Crippen molar-refractivity contribution in [3.8, 4) is 0 Å². The standard InChI is InChI=1S/C11H14O4S/c12-7-9-6-11(9,8-13)16(14,15)10-4-2-1-3-5-10/h1-5,9,12-13H,6-8H2/t9-,11-/m1/s1. The third-order valence-electron chi connectivity index (χ3n) is 3.25. The molecule has 1 aromatic rings. The van der Waals surface area contributed by atoms with Gasteiger partial charge < -0.3 is 10.2 Å². The largest absolute Gasteiger partial charge is 0.396 e. The predicted octanol–water partition coefficient (Wildman–Crippen LogP) is 0.204. The summed E-state index contributed by atoms with van der Waals surface area (Å²) >= 11 is 0. The van der Waals surface area contributed by atoms with Gasteiger partial charge in [-0.1, -0.05) is 18.2 Å². The van der Waals surface area contributed by atoms with Crippen LogP contribution in [0.1, 0.15) is 6.42 Å². The second kappa shape index (κ2) is 3.84. The highest BCUT2D eigenvalue weighted by atomic mass is 32.2. The quantitative estimate of drug-likeness (QED) is 0.791. The van der Waals surface area contributed by atoms with Gasteiger partial charge >= 0.3 is 0 Å². The molecule has 0 spiro atoms. The molecular formula is C11H14O4S. The molecule has 1 aliphatic carbocycles. The SMILES string of the molecule is O=S(=O)(c1ccccc1)[C@@]1(CO)C[C@@H]1CO. The van der Waals surface area contributed by atoms with E-state index >= 15 is 0 Å². The van der Waals surface area contributed by atoms with Crippen LogP contribution in [0.5, 0.6) is 0 Å². The zero-order valence-electron chi connectivity index (χ0n) is 8.70. The maximum atomic E-state index is 12.2. The van der Waals surface area contributed by atoms with Crippen molar-refractivity contribution in [2.75, 3.05) is 13.2 Å². The van der Waals surface area contributed by atoms with Gasteiger partial charge in [-0.05, 0) is 18.6 Å². The fourth-order valence-electron chi connectivity index (χ4n) is 2.03. The van der Waals surface area contributed by atoms with Crippen LogP contribution < -0.4 is 0 Å². The summed E-state index contributed by atoms with van der Waals surface area (Å²) in [5, 5.41) is 18.3.